The van der Waals surface area contributed by atoms with Crippen LogP contribution in [0.2, 0.25) is 0 Å². The fraction of sp³-hybridized carbons (Fsp3) is 0.214. The van der Waals surface area contributed by atoms with Crippen molar-refractivity contribution in [2.75, 3.05) is 5.32 Å². The molecule has 1 aromatic carbocycles. The molecular formula is C14H15FN2. The van der Waals surface area contributed by atoms with Crippen molar-refractivity contribution in [2.24, 2.45) is 0 Å². The Hall–Kier alpha value is -1.90. The highest BCUT2D eigenvalue weighted by molar-refractivity contribution is 5.48. The molecule has 1 N–H and O–H groups in total. The second-order valence-electron chi connectivity index (χ2n) is 4.14. The van der Waals surface area contributed by atoms with Crippen LogP contribution in [0.15, 0.2) is 36.7 Å². The van der Waals surface area contributed by atoms with Gasteiger partial charge in [0.1, 0.15) is 5.82 Å². The number of pyridine rings is 1. The average molecular weight is 230 g/mol. The predicted molar refractivity (Wildman–Crippen MR) is 67.4 cm³/mol. The lowest BCUT2D eigenvalue weighted by Crippen LogP contribution is -2.03. The van der Waals surface area contributed by atoms with E-state index in [0.29, 0.717) is 12.1 Å². The maximum atomic E-state index is 13.5. The SMILES string of the molecule is Cc1ccc(F)c(CNc2cnccc2C)c1. The first-order valence-electron chi connectivity index (χ1n) is 5.56. The van der Waals surface area contributed by atoms with E-state index in [-0.39, 0.29) is 5.82 Å². The lowest BCUT2D eigenvalue weighted by molar-refractivity contribution is 0.612. The molecule has 0 aliphatic heterocycles. The van der Waals surface area contributed by atoms with E-state index in [1.165, 1.54) is 6.07 Å². The van der Waals surface area contributed by atoms with E-state index in [1.54, 1.807) is 18.5 Å². The van der Waals surface area contributed by atoms with Crippen molar-refractivity contribution < 1.29 is 4.39 Å². The molecular weight excluding hydrogens is 215 g/mol. The second kappa shape index (κ2) is 4.95. The Morgan fingerprint density at radius 2 is 2.06 bits per heavy atom. The Labute approximate surface area is 101 Å². The topological polar surface area (TPSA) is 24.9 Å². The third-order valence-electron chi connectivity index (χ3n) is 2.71. The molecule has 1 heterocycles. The first-order chi connectivity index (χ1) is 8.16. The molecule has 0 spiro atoms. The van der Waals surface area contributed by atoms with E-state index in [9.17, 15) is 4.39 Å². The number of anilines is 1. The summed E-state index contributed by atoms with van der Waals surface area (Å²) in [5, 5.41) is 3.19. The zero-order chi connectivity index (χ0) is 12.3. The quantitative estimate of drug-likeness (QED) is 0.873. The molecule has 88 valence electrons. The van der Waals surface area contributed by atoms with Crippen LogP contribution >= 0.6 is 0 Å². The van der Waals surface area contributed by atoms with Gasteiger partial charge >= 0.3 is 0 Å². The molecule has 0 fully saturated rings. The molecule has 2 aromatic rings. The fourth-order valence-corrected chi connectivity index (χ4v) is 1.68. The predicted octanol–water partition coefficient (Wildman–Crippen LogP) is 3.45. The van der Waals surface area contributed by atoms with Gasteiger partial charge in [-0.05, 0) is 31.5 Å². The van der Waals surface area contributed by atoms with Crippen molar-refractivity contribution in [3.8, 4) is 0 Å². The van der Waals surface area contributed by atoms with Gasteiger partial charge in [0.2, 0.25) is 0 Å². The van der Waals surface area contributed by atoms with E-state index in [4.69, 9.17) is 0 Å². The largest absolute Gasteiger partial charge is 0.379 e. The van der Waals surface area contributed by atoms with Gasteiger partial charge in [0.15, 0.2) is 0 Å². The van der Waals surface area contributed by atoms with Crippen molar-refractivity contribution >= 4 is 5.69 Å². The minimum absolute atomic E-state index is 0.176. The summed E-state index contributed by atoms with van der Waals surface area (Å²) in [6, 6.07) is 7.06. The van der Waals surface area contributed by atoms with Crippen molar-refractivity contribution in [3.63, 3.8) is 0 Å². The van der Waals surface area contributed by atoms with Crippen LogP contribution in [0, 0.1) is 19.7 Å². The summed E-state index contributed by atoms with van der Waals surface area (Å²) in [7, 11) is 0. The standard InChI is InChI=1S/C14H15FN2/c1-10-3-4-13(15)12(7-10)8-17-14-9-16-6-5-11(14)2/h3-7,9,17H,8H2,1-2H3. The molecule has 0 atom stereocenters. The Kier molecular flexibility index (Phi) is 3.38. The summed E-state index contributed by atoms with van der Waals surface area (Å²) in [6.45, 7) is 4.43. The van der Waals surface area contributed by atoms with E-state index < -0.39 is 0 Å². The van der Waals surface area contributed by atoms with Crippen molar-refractivity contribution in [2.45, 2.75) is 20.4 Å². The lowest BCUT2D eigenvalue weighted by atomic mass is 10.1. The van der Waals surface area contributed by atoms with Crippen LogP contribution in [0.5, 0.6) is 0 Å². The summed E-state index contributed by atoms with van der Waals surface area (Å²) in [5.74, 6) is -0.176. The number of aromatic nitrogens is 1. The fourth-order valence-electron chi connectivity index (χ4n) is 1.68. The van der Waals surface area contributed by atoms with Crippen LogP contribution in [-0.4, -0.2) is 4.98 Å². The van der Waals surface area contributed by atoms with Crippen LogP contribution < -0.4 is 5.32 Å². The van der Waals surface area contributed by atoms with Gasteiger partial charge in [-0.3, -0.25) is 4.98 Å². The zero-order valence-corrected chi connectivity index (χ0v) is 10.00. The third-order valence-corrected chi connectivity index (χ3v) is 2.71. The van der Waals surface area contributed by atoms with Crippen LogP contribution in [0.3, 0.4) is 0 Å². The monoisotopic (exact) mass is 230 g/mol. The summed E-state index contributed by atoms with van der Waals surface area (Å²) < 4.78 is 13.5. The first kappa shape index (κ1) is 11.6. The molecule has 0 radical (unpaired) electrons. The summed E-state index contributed by atoms with van der Waals surface area (Å²) >= 11 is 0. The first-order valence-corrected chi connectivity index (χ1v) is 5.56. The average Bonchev–Trinajstić information content (AvgIpc) is 2.32. The van der Waals surface area contributed by atoms with Crippen LogP contribution in [0.1, 0.15) is 16.7 Å². The lowest BCUT2D eigenvalue weighted by Gasteiger charge is -2.10. The highest BCUT2D eigenvalue weighted by Gasteiger charge is 2.03. The summed E-state index contributed by atoms with van der Waals surface area (Å²) in [5.41, 5.74) is 3.78. The van der Waals surface area contributed by atoms with Crippen molar-refractivity contribution in [1.82, 2.24) is 4.98 Å². The minimum Gasteiger partial charge on any atom is -0.379 e. The van der Waals surface area contributed by atoms with E-state index >= 15 is 0 Å². The highest BCUT2D eigenvalue weighted by Crippen LogP contribution is 2.15. The smallest absolute Gasteiger partial charge is 0.128 e. The number of hydrogen-bond acceptors (Lipinski definition) is 2. The maximum Gasteiger partial charge on any atom is 0.128 e. The van der Waals surface area contributed by atoms with Gasteiger partial charge in [0.25, 0.3) is 0 Å². The summed E-state index contributed by atoms with van der Waals surface area (Å²) in [4.78, 5) is 4.04. The van der Waals surface area contributed by atoms with Gasteiger partial charge < -0.3 is 5.32 Å². The van der Waals surface area contributed by atoms with Crippen LogP contribution in [-0.2, 0) is 6.54 Å². The Morgan fingerprint density at radius 3 is 2.82 bits per heavy atom. The van der Waals surface area contributed by atoms with Gasteiger partial charge in [0, 0.05) is 18.3 Å². The van der Waals surface area contributed by atoms with E-state index in [2.05, 4.69) is 10.3 Å². The van der Waals surface area contributed by atoms with Gasteiger partial charge in [-0.15, -0.1) is 0 Å². The molecule has 0 bridgehead atoms. The van der Waals surface area contributed by atoms with Gasteiger partial charge in [0.05, 0.1) is 11.9 Å². The number of benzene rings is 1. The zero-order valence-electron chi connectivity index (χ0n) is 10.00. The van der Waals surface area contributed by atoms with E-state index in [1.807, 2.05) is 26.0 Å². The minimum atomic E-state index is -0.176. The van der Waals surface area contributed by atoms with Crippen LogP contribution in [0.4, 0.5) is 10.1 Å². The number of halogens is 1. The Balaban J connectivity index is 2.12. The van der Waals surface area contributed by atoms with Gasteiger partial charge in [-0.1, -0.05) is 17.7 Å². The Bertz CT molecular complexity index is 523. The number of rotatable bonds is 3. The number of nitrogens with one attached hydrogen (secondary N) is 1. The molecule has 0 saturated carbocycles. The Morgan fingerprint density at radius 1 is 1.24 bits per heavy atom. The third kappa shape index (κ3) is 2.81. The number of nitrogens with zero attached hydrogens (tertiary/aromatic N) is 1. The van der Waals surface area contributed by atoms with Gasteiger partial charge in [-0.25, -0.2) is 4.39 Å². The molecule has 0 unspecified atom stereocenters. The van der Waals surface area contributed by atoms with Crippen LogP contribution in [0.25, 0.3) is 0 Å². The molecule has 2 rings (SSSR count). The van der Waals surface area contributed by atoms with Crippen molar-refractivity contribution in [3.05, 3.63) is 59.2 Å². The molecule has 3 heteroatoms. The molecule has 0 saturated heterocycles. The second-order valence-corrected chi connectivity index (χ2v) is 4.14. The molecule has 2 nitrogen and oxygen atoms in total. The van der Waals surface area contributed by atoms with Crippen molar-refractivity contribution in [1.29, 1.82) is 0 Å². The van der Waals surface area contributed by atoms with Gasteiger partial charge in [-0.2, -0.15) is 0 Å². The molecule has 17 heavy (non-hydrogen) atoms. The van der Waals surface area contributed by atoms with E-state index in [0.717, 1.165) is 16.8 Å². The molecule has 1 aromatic heterocycles. The maximum absolute atomic E-state index is 13.5. The molecule has 0 aliphatic rings. The number of aryl methyl sites for hydroxylation is 2. The summed E-state index contributed by atoms with van der Waals surface area (Å²) in [6.07, 6.45) is 3.50. The molecule has 0 amide bonds. The normalized spacial score (nSPS) is 10.3. The molecule has 0 aliphatic carbocycles. The number of hydrogen-bond donors (Lipinski definition) is 1. The highest BCUT2D eigenvalue weighted by atomic mass is 19.1.